The van der Waals surface area contributed by atoms with Crippen molar-refractivity contribution in [1.82, 2.24) is 10.6 Å². The molecule has 0 radical (unpaired) electrons. The van der Waals surface area contributed by atoms with Crippen LogP contribution in [-0.2, 0) is 9.53 Å². The molecule has 0 fully saturated rings. The van der Waals surface area contributed by atoms with Gasteiger partial charge < -0.3 is 20.5 Å². The fourth-order valence-electron chi connectivity index (χ4n) is 2.48. The molecule has 0 aromatic heterocycles. The third-order valence-electron chi connectivity index (χ3n) is 3.76. The van der Waals surface area contributed by atoms with E-state index in [1.165, 1.54) is 0 Å². The van der Waals surface area contributed by atoms with E-state index in [1.807, 2.05) is 13.8 Å². The maximum Gasteiger partial charge on any atom is 0.407 e. The SMILES string of the molecule is CCCCNC(=O)[C@H](C)C[C@H](O)[C@H](CC(C)C)NC(=O)OC(C)(C)C. The minimum absolute atomic E-state index is 0.0620. The molecule has 0 saturated heterocycles. The van der Waals surface area contributed by atoms with Crippen LogP contribution in [-0.4, -0.2) is 41.4 Å². The minimum atomic E-state index is -0.804. The molecule has 3 atom stereocenters. The lowest BCUT2D eigenvalue weighted by Crippen LogP contribution is -2.47. The van der Waals surface area contributed by atoms with Crippen LogP contribution in [0.25, 0.3) is 0 Å². The van der Waals surface area contributed by atoms with Gasteiger partial charge in [0.25, 0.3) is 0 Å². The Morgan fingerprint density at radius 2 is 1.72 bits per heavy atom. The molecule has 0 spiro atoms. The van der Waals surface area contributed by atoms with Gasteiger partial charge in [0.2, 0.25) is 5.91 Å². The van der Waals surface area contributed by atoms with Crippen molar-refractivity contribution in [2.45, 2.75) is 91.9 Å². The van der Waals surface area contributed by atoms with Crippen LogP contribution < -0.4 is 10.6 Å². The number of aliphatic hydroxyl groups excluding tert-OH is 1. The summed E-state index contributed by atoms with van der Waals surface area (Å²) in [6.07, 6.45) is 1.53. The number of amides is 2. The van der Waals surface area contributed by atoms with Gasteiger partial charge in [0.1, 0.15) is 5.60 Å². The molecular weight excluding hydrogens is 320 g/mol. The summed E-state index contributed by atoms with van der Waals surface area (Å²) in [6, 6.07) is -0.444. The summed E-state index contributed by atoms with van der Waals surface area (Å²) >= 11 is 0. The third kappa shape index (κ3) is 11.8. The van der Waals surface area contributed by atoms with Gasteiger partial charge in [-0.25, -0.2) is 4.79 Å². The first kappa shape index (κ1) is 23.7. The highest BCUT2D eigenvalue weighted by Gasteiger charge is 2.28. The summed E-state index contributed by atoms with van der Waals surface area (Å²) in [7, 11) is 0. The average Bonchev–Trinajstić information content (AvgIpc) is 2.43. The highest BCUT2D eigenvalue weighted by molar-refractivity contribution is 5.78. The Balaban J connectivity index is 4.69. The van der Waals surface area contributed by atoms with Gasteiger partial charge in [0.15, 0.2) is 0 Å². The Kier molecular flexibility index (Phi) is 10.8. The number of carbonyl (C=O) groups is 2. The van der Waals surface area contributed by atoms with E-state index >= 15 is 0 Å². The molecular formula is C19H38N2O4. The largest absolute Gasteiger partial charge is 0.444 e. The quantitative estimate of drug-likeness (QED) is 0.523. The minimum Gasteiger partial charge on any atom is -0.444 e. The normalized spacial score (nSPS) is 15.4. The molecule has 0 rings (SSSR count). The van der Waals surface area contributed by atoms with Crippen molar-refractivity contribution in [3.63, 3.8) is 0 Å². The van der Waals surface area contributed by atoms with Gasteiger partial charge in [0.05, 0.1) is 12.1 Å². The summed E-state index contributed by atoms with van der Waals surface area (Å²) in [6.45, 7) is 14.0. The smallest absolute Gasteiger partial charge is 0.407 e. The lowest BCUT2D eigenvalue weighted by Gasteiger charge is -2.29. The van der Waals surface area contributed by atoms with E-state index in [9.17, 15) is 14.7 Å². The summed E-state index contributed by atoms with van der Waals surface area (Å²) in [4.78, 5) is 24.1. The highest BCUT2D eigenvalue weighted by Crippen LogP contribution is 2.16. The topological polar surface area (TPSA) is 87.7 Å². The number of aliphatic hydroxyl groups is 1. The average molecular weight is 359 g/mol. The molecule has 0 aliphatic heterocycles. The van der Waals surface area contributed by atoms with E-state index in [0.29, 0.717) is 25.3 Å². The van der Waals surface area contributed by atoms with Crippen molar-refractivity contribution >= 4 is 12.0 Å². The second-order valence-electron chi connectivity index (χ2n) is 8.23. The van der Waals surface area contributed by atoms with Crippen molar-refractivity contribution in [1.29, 1.82) is 0 Å². The van der Waals surface area contributed by atoms with Crippen molar-refractivity contribution in [3.05, 3.63) is 0 Å². The number of unbranched alkanes of at least 4 members (excludes halogenated alkanes) is 1. The number of nitrogens with one attached hydrogen (secondary N) is 2. The van der Waals surface area contributed by atoms with Gasteiger partial charge in [-0.3, -0.25) is 4.79 Å². The van der Waals surface area contributed by atoms with Gasteiger partial charge in [-0.15, -0.1) is 0 Å². The molecule has 6 heteroatoms. The van der Waals surface area contributed by atoms with E-state index < -0.39 is 23.8 Å². The molecule has 148 valence electrons. The molecule has 0 unspecified atom stereocenters. The second kappa shape index (κ2) is 11.3. The second-order valence-corrected chi connectivity index (χ2v) is 8.23. The van der Waals surface area contributed by atoms with Gasteiger partial charge in [0, 0.05) is 12.5 Å². The molecule has 0 aliphatic carbocycles. The van der Waals surface area contributed by atoms with E-state index in [2.05, 4.69) is 17.6 Å². The molecule has 0 bridgehead atoms. The molecule has 6 nitrogen and oxygen atoms in total. The fourth-order valence-corrected chi connectivity index (χ4v) is 2.48. The molecule has 0 aromatic rings. The van der Waals surface area contributed by atoms with E-state index in [4.69, 9.17) is 4.74 Å². The van der Waals surface area contributed by atoms with E-state index in [-0.39, 0.29) is 11.8 Å². The molecule has 0 saturated carbocycles. The Morgan fingerprint density at radius 1 is 1.12 bits per heavy atom. The first-order chi connectivity index (χ1) is 11.5. The van der Waals surface area contributed by atoms with Crippen molar-refractivity contribution in [2.24, 2.45) is 11.8 Å². The predicted octanol–water partition coefficient (Wildman–Crippen LogP) is 3.23. The first-order valence-electron chi connectivity index (χ1n) is 9.41. The van der Waals surface area contributed by atoms with Crippen LogP contribution in [0.4, 0.5) is 4.79 Å². The summed E-state index contributed by atoms with van der Waals surface area (Å²) in [5, 5.41) is 16.2. The van der Waals surface area contributed by atoms with Gasteiger partial charge in [-0.1, -0.05) is 34.1 Å². The maximum atomic E-state index is 12.1. The Hall–Kier alpha value is -1.30. The van der Waals surface area contributed by atoms with Crippen LogP contribution in [0.2, 0.25) is 0 Å². The van der Waals surface area contributed by atoms with Crippen LogP contribution in [0.15, 0.2) is 0 Å². The summed E-state index contributed by atoms with van der Waals surface area (Å²) in [5.74, 6) is -0.0849. The Bertz CT molecular complexity index is 405. The van der Waals surface area contributed by atoms with Crippen LogP contribution in [0.1, 0.15) is 74.1 Å². The summed E-state index contributed by atoms with van der Waals surface area (Å²) in [5.41, 5.74) is -0.593. The molecule has 0 aliphatic rings. The standard InChI is InChI=1S/C19H38N2O4/c1-8-9-10-20-17(23)14(4)12-16(22)15(11-13(2)3)21-18(24)25-19(5,6)7/h13-16,22H,8-12H2,1-7H3,(H,20,23)(H,21,24)/t14-,15+,16+/m1/s1. The van der Waals surface area contributed by atoms with Crippen LogP contribution in [0.5, 0.6) is 0 Å². The van der Waals surface area contributed by atoms with Gasteiger partial charge in [-0.05, 0) is 46.0 Å². The van der Waals surface area contributed by atoms with E-state index in [0.717, 1.165) is 12.8 Å². The van der Waals surface area contributed by atoms with Crippen LogP contribution in [0.3, 0.4) is 0 Å². The number of carbonyl (C=O) groups excluding carboxylic acids is 2. The van der Waals surface area contributed by atoms with Crippen LogP contribution in [0, 0.1) is 11.8 Å². The number of ether oxygens (including phenoxy) is 1. The first-order valence-corrected chi connectivity index (χ1v) is 9.41. The highest BCUT2D eigenvalue weighted by atomic mass is 16.6. The number of hydrogen-bond donors (Lipinski definition) is 3. The zero-order valence-electron chi connectivity index (χ0n) is 17.0. The van der Waals surface area contributed by atoms with E-state index in [1.54, 1.807) is 27.7 Å². The molecule has 0 aromatic carbocycles. The van der Waals surface area contributed by atoms with Crippen LogP contribution >= 0.6 is 0 Å². The molecule has 2 amide bonds. The lowest BCUT2D eigenvalue weighted by molar-refractivity contribution is -0.125. The van der Waals surface area contributed by atoms with Gasteiger partial charge in [-0.2, -0.15) is 0 Å². The molecule has 25 heavy (non-hydrogen) atoms. The zero-order valence-corrected chi connectivity index (χ0v) is 17.0. The Labute approximate surface area is 153 Å². The monoisotopic (exact) mass is 358 g/mol. The number of rotatable bonds is 10. The number of hydrogen-bond acceptors (Lipinski definition) is 4. The Morgan fingerprint density at radius 3 is 2.20 bits per heavy atom. The summed E-state index contributed by atoms with van der Waals surface area (Å²) < 4.78 is 5.28. The van der Waals surface area contributed by atoms with Crippen molar-refractivity contribution in [3.8, 4) is 0 Å². The van der Waals surface area contributed by atoms with Crippen molar-refractivity contribution in [2.75, 3.05) is 6.54 Å². The lowest BCUT2D eigenvalue weighted by atomic mass is 9.92. The molecule has 0 heterocycles. The van der Waals surface area contributed by atoms with Gasteiger partial charge >= 0.3 is 6.09 Å². The van der Waals surface area contributed by atoms with Crippen molar-refractivity contribution < 1.29 is 19.4 Å². The zero-order chi connectivity index (χ0) is 19.6. The fraction of sp³-hybridized carbons (Fsp3) is 0.895. The maximum absolute atomic E-state index is 12.1. The number of alkyl carbamates (subject to hydrolysis) is 1. The molecule has 3 N–H and O–H groups in total. The predicted molar refractivity (Wildman–Crippen MR) is 100 cm³/mol. The third-order valence-corrected chi connectivity index (χ3v) is 3.76.